The van der Waals surface area contributed by atoms with Crippen LogP contribution in [0.15, 0.2) is 0 Å². The summed E-state index contributed by atoms with van der Waals surface area (Å²) in [7, 11) is 0. The molecule has 0 unspecified atom stereocenters. The molecule has 0 aromatic heterocycles. The van der Waals surface area contributed by atoms with Gasteiger partial charge in [-0.15, -0.1) is 0 Å². The Hall–Kier alpha value is -1.87. The van der Waals surface area contributed by atoms with Gasteiger partial charge in [0.05, 0.1) is 0 Å². The molecule has 1 aliphatic rings. The van der Waals surface area contributed by atoms with Crippen LogP contribution in [0.3, 0.4) is 0 Å². The number of nitrogens with one attached hydrogen (secondary N) is 2. The molecule has 20 heavy (non-hydrogen) atoms. The van der Waals surface area contributed by atoms with E-state index in [1.54, 1.807) is 0 Å². The minimum atomic E-state index is -1.19. The zero-order valence-electron chi connectivity index (χ0n) is 11.3. The molecule has 114 valence electrons. The Morgan fingerprint density at radius 3 is 2.45 bits per heavy atom. The highest BCUT2D eigenvalue weighted by Crippen LogP contribution is 1.92. The molecule has 1 rings (SSSR count). The van der Waals surface area contributed by atoms with Crippen molar-refractivity contribution in [3.8, 4) is 0 Å². The average molecular weight is 287 g/mol. The van der Waals surface area contributed by atoms with E-state index in [1.807, 2.05) is 0 Å². The van der Waals surface area contributed by atoms with Crippen LogP contribution in [0.2, 0.25) is 0 Å². The van der Waals surface area contributed by atoms with Gasteiger partial charge in [0.25, 0.3) is 0 Å². The molecule has 0 aromatic carbocycles. The minimum absolute atomic E-state index is 0.397. The molecule has 3 amide bonds. The number of amides is 3. The van der Waals surface area contributed by atoms with Gasteiger partial charge in [-0.1, -0.05) is 0 Å². The second-order valence-electron chi connectivity index (χ2n) is 4.54. The summed E-state index contributed by atoms with van der Waals surface area (Å²) < 4.78 is 0. The normalized spacial score (nSPS) is 15.6. The summed E-state index contributed by atoms with van der Waals surface area (Å²) in [6.45, 7) is 3.78. The van der Waals surface area contributed by atoms with Crippen LogP contribution in [-0.2, 0) is 9.59 Å². The predicted octanol–water partition coefficient (Wildman–Crippen LogP) is -2.53. The molecule has 1 heterocycles. The average Bonchev–Trinajstić information content (AvgIpc) is 2.38. The molecule has 0 bridgehead atoms. The number of urea groups is 1. The predicted molar refractivity (Wildman–Crippen MR) is 71.1 cm³/mol. The van der Waals surface area contributed by atoms with E-state index in [0.29, 0.717) is 13.1 Å². The van der Waals surface area contributed by atoms with Crippen LogP contribution < -0.4 is 16.4 Å². The number of carboxylic acid groups (broad SMARTS) is 1. The third kappa shape index (κ3) is 6.34. The molecule has 1 saturated heterocycles. The SMILES string of the molecule is NC(=O)CN(CC(=O)O)C(=O)NCCN1CCNCC1. The first kappa shape index (κ1) is 16.2. The first-order valence-electron chi connectivity index (χ1n) is 6.45. The van der Waals surface area contributed by atoms with Crippen LogP contribution in [0.5, 0.6) is 0 Å². The van der Waals surface area contributed by atoms with E-state index < -0.39 is 31.0 Å². The van der Waals surface area contributed by atoms with Crippen molar-refractivity contribution >= 4 is 17.9 Å². The first-order valence-corrected chi connectivity index (χ1v) is 6.45. The van der Waals surface area contributed by atoms with E-state index in [-0.39, 0.29) is 0 Å². The lowest BCUT2D eigenvalue weighted by molar-refractivity contribution is -0.137. The molecule has 9 heteroatoms. The smallest absolute Gasteiger partial charge is 0.323 e. The fraction of sp³-hybridized carbons (Fsp3) is 0.727. The molecule has 0 aromatic rings. The fourth-order valence-electron chi connectivity index (χ4n) is 1.92. The van der Waals surface area contributed by atoms with Gasteiger partial charge in [-0.2, -0.15) is 0 Å². The van der Waals surface area contributed by atoms with Crippen molar-refractivity contribution in [1.29, 1.82) is 0 Å². The van der Waals surface area contributed by atoms with Crippen LogP contribution >= 0.6 is 0 Å². The largest absolute Gasteiger partial charge is 0.480 e. The summed E-state index contributed by atoms with van der Waals surface area (Å²) in [4.78, 5) is 36.3. The second kappa shape index (κ2) is 8.33. The van der Waals surface area contributed by atoms with Gasteiger partial charge in [-0.3, -0.25) is 14.5 Å². The van der Waals surface area contributed by atoms with Gasteiger partial charge in [0, 0.05) is 39.3 Å². The van der Waals surface area contributed by atoms with Gasteiger partial charge in [0.15, 0.2) is 0 Å². The summed E-state index contributed by atoms with van der Waals surface area (Å²) in [5.41, 5.74) is 4.98. The zero-order valence-corrected chi connectivity index (χ0v) is 11.3. The number of nitrogens with two attached hydrogens (primary N) is 1. The molecule has 1 aliphatic heterocycles. The number of piperazine rings is 1. The molecule has 9 nitrogen and oxygen atoms in total. The third-order valence-corrected chi connectivity index (χ3v) is 2.87. The van der Waals surface area contributed by atoms with Gasteiger partial charge < -0.3 is 26.4 Å². The van der Waals surface area contributed by atoms with E-state index in [1.165, 1.54) is 0 Å². The number of primary amides is 1. The number of carbonyl (C=O) groups is 3. The molecular weight excluding hydrogens is 266 g/mol. The minimum Gasteiger partial charge on any atom is -0.480 e. The maximum absolute atomic E-state index is 11.8. The monoisotopic (exact) mass is 287 g/mol. The van der Waals surface area contributed by atoms with Gasteiger partial charge >= 0.3 is 12.0 Å². The van der Waals surface area contributed by atoms with E-state index in [9.17, 15) is 14.4 Å². The van der Waals surface area contributed by atoms with E-state index in [4.69, 9.17) is 10.8 Å². The number of hydrogen-bond acceptors (Lipinski definition) is 5. The lowest BCUT2D eigenvalue weighted by atomic mass is 10.3. The van der Waals surface area contributed by atoms with Crippen molar-refractivity contribution in [1.82, 2.24) is 20.4 Å². The Labute approximate surface area is 117 Å². The van der Waals surface area contributed by atoms with Gasteiger partial charge in [0.2, 0.25) is 5.91 Å². The molecule has 0 atom stereocenters. The summed E-state index contributed by atoms with van der Waals surface area (Å²) in [6, 6.07) is -0.596. The van der Waals surface area contributed by atoms with E-state index >= 15 is 0 Å². The van der Waals surface area contributed by atoms with Crippen molar-refractivity contribution in [2.45, 2.75) is 0 Å². The number of aliphatic carboxylic acids is 1. The number of carbonyl (C=O) groups excluding carboxylic acids is 2. The quantitative estimate of drug-likeness (QED) is 0.409. The Kier molecular flexibility index (Phi) is 6.74. The van der Waals surface area contributed by atoms with Crippen LogP contribution in [0.4, 0.5) is 4.79 Å². The third-order valence-electron chi connectivity index (χ3n) is 2.87. The molecule has 0 radical (unpaired) electrons. The highest BCUT2D eigenvalue weighted by atomic mass is 16.4. The first-order chi connectivity index (χ1) is 9.49. The summed E-state index contributed by atoms with van der Waals surface area (Å²) in [5.74, 6) is -1.94. The van der Waals surface area contributed by atoms with E-state index in [0.717, 1.165) is 31.1 Å². The molecule has 5 N–H and O–H groups in total. The molecule has 0 spiro atoms. The number of nitrogens with zero attached hydrogens (tertiary/aromatic N) is 2. The lowest BCUT2D eigenvalue weighted by Gasteiger charge is -2.27. The Balaban J connectivity index is 2.32. The van der Waals surface area contributed by atoms with E-state index in [2.05, 4.69) is 15.5 Å². The summed E-state index contributed by atoms with van der Waals surface area (Å²) >= 11 is 0. The van der Waals surface area contributed by atoms with Gasteiger partial charge in [-0.05, 0) is 0 Å². The topological polar surface area (TPSA) is 128 Å². The van der Waals surface area contributed by atoms with Crippen LogP contribution in [0.25, 0.3) is 0 Å². The zero-order chi connectivity index (χ0) is 15.0. The van der Waals surface area contributed by atoms with Crippen LogP contribution in [-0.4, -0.2) is 85.2 Å². The van der Waals surface area contributed by atoms with Crippen molar-refractivity contribution in [2.24, 2.45) is 5.73 Å². The second-order valence-corrected chi connectivity index (χ2v) is 4.54. The number of rotatable bonds is 7. The molecular formula is C11H21N5O4. The molecule has 0 saturated carbocycles. The Morgan fingerprint density at radius 1 is 1.25 bits per heavy atom. The maximum Gasteiger partial charge on any atom is 0.323 e. The summed E-state index contributed by atoms with van der Waals surface area (Å²) in [5, 5.41) is 14.5. The van der Waals surface area contributed by atoms with Gasteiger partial charge in [-0.25, -0.2) is 4.79 Å². The molecule has 0 aliphatic carbocycles. The Bertz CT molecular complexity index is 341. The summed E-state index contributed by atoms with van der Waals surface area (Å²) in [6.07, 6.45) is 0. The van der Waals surface area contributed by atoms with Crippen molar-refractivity contribution in [2.75, 3.05) is 52.4 Å². The highest BCUT2D eigenvalue weighted by Gasteiger charge is 2.18. The van der Waals surface area contributed by atoms with Gasteiger partial charge in [0.1, 0.15) is 13.1 Å². The lowest BCUT2D eigenvalue weighted by Crippen LogP contribution is -2.50. The fourth-order valence-corrected chi connectivity index (χ4v) is 1.92. The molecule has 1 fully saturated rings. The van der Waals surface area contributed by atoms with Crippen molar-refractivity contribution < 1.29 is 19.5 Å². The van der Waals surface area contributed by atoms with Crippen LogP contribution in [0.1, 0.15) is 0 Å². The Morgan fingerprint density at radius 2 is 1.90 bits per heavy atom. The van der Waals surface area contributed by atoms with Crippen molar-refractivity contribution in [3.05, 3.63) is 0 Å². The van der Waals surface area contributed by atoms with Crippen molar-refractivity contribution in [3.63, 3.8) is 0 Å². The standard InChI is InChI=1S/C11H21N5O4/c12-9(17)7-16(8-10(18)19)11(20)14-3-6-15-4-1-13-2-5-15/h13H,1-8H2,(H2,12,17)(H,14,20)(H,18,19). The maximum atomic E-state index is 11.8. The van der Waals surface area contributed by atoms with Crippen LogP contribution in [0, 0.1) is 0 Å². The number of carboxylic acids is 1. The highest BCUT2D eigenvalue weighted by molar-refractivity contribution is 5.85. The number of hydrogen-bond donors (Lipinski definition) is 4.